The van der Waals surface area contributed by atoms with Gasteiger partial charge in [-0.2, -0.15) is 0 Å². The van der Waals surface area contributed by atoms with Crippen molar-refractivity contribution in [1.29, 1.82) is 0 Å². The van der Waals surface area contributed by atoms with E-state index in [0.29, 0.717) is 6.04 Å². The van der Waals surface area contributed by atoms with Crippen molar-refractivity contribution in [3.63, 3.8) is 0 Å². The minimum Gasteiger partial charge on any atom is -0.393 e. The monoisotopic (exact) mass is 496 g/mol. The van der Waals surface area contributed by atoms with Crippen LogP contribution in [0.15, 0.2) is 71.6 Å². The number of allylic oxidation sites excluding steroid dienone is 3. The smallest absolute Gasteiger partial charge is 0.0781 e. The first kappa shape index (κ1) is 26.6. The van der Waals surface area contributed by atoms with E-state index in [4.69, 9.17) is 4.98 Å². The van der Waals surface area contributed by atoms with E-state index in [1.165, 1.54) is 10.9 Å². The van der Waals surface area contributed by atoms with E-state index < -0.39 is 0 Å². The Morgan fingerprint density at radius 1 is 1.08 bits per heavy atom. The zero-order valence-electron chi connectivity index (χ0n) is 22.6. The minimum absolute atomic E-state index is 0.148. The normalized spacial score (nSPS) is 18.9. The number of aliphatic imine (C=N–C) groups is 1. The van der Waals surface area contributed by atoms with Crippen LogP contribution in [0, 0.1) is 6.92 Å². The average Bonchev–Trinajstić information content (AvgIpc) is 2.90. The lowest BCUT2D eigenvalue weighted by Gasteiger charge is -2.28. The van der Waals surface area contributed by atoms with Gasteiger partial charge in [-0.15, -0.1) is 0 Å². The number of benzene rings is 2. The molecule has 1 aliphatic rings. The van der Waals surface area contributed by atoms with Crippen molar-refractivity contribution in [3.8, 4) is 11.3 Å². The van der Waals surface area contributed by atoms with Gasteiger partial charge in [-0.3, -0.25) is 9.98 Å². The number of pyridine rings is 1. The fourth-order valence-electron chi connectivity index (χ4n) is 5.04. The first-order valence-corrected chi connectivity index (χ1v) is 13.6. The molecule has 0 radical (unpaired) electrons. The maximum absolute atomic E-state index is 9.86. The second kappa shape index (κ2) is 12.7. The molecule has 0 spiro atoms. The summed E-state index contributed by atoms with van der Waals surface area (Å²) in [5, 5.41) is 19.2. The van der Waals surface area contributed by atoms with Gasteiger partial charge in [0, 0.05) is 53.5 Å². The Hall–Kier alpha value is -3.44. The van der Waals surface area contributed by atoms with E-state index >= 15 is 0 Å². The molecule has 1 saturated carbocycles. The molecule has 0 aliphatic heterocycles. The van der Waals surface area contributed by atoms with Gasteiger partial charge in [0.15, 0.2) is 0 Å². The molecule has 3 N–H and O–H groups in total. The standard InChI is InChI=1S/C32H40N4O/c1-5-8-26(34-6-2)21-33-20-23(4)28-9-7-10-30-29(28)17-18-35-32(30)24-12-11-22(3)31(19-24)36-25-13-15-27(37)16-14-25/h7-12,17-21,25,27,34,36-37H,5-6,13-16H2,1-4H3/b23-20+,26-8-,33-21+. The Morgan fingerprint density at radius 3 is 2.65 bits per heavy atom. The number of anilines is 1. The Labute approximate surface area is 221 Å². The van der Waals surface area contributed by atoms with E-state index in [1.807, 2.05) is 18.6 Å². The summed E-state index contributed by atoms with van der Waals surface area (Å²) < 4.78 is 0. The zero-order valence-corrected chi connectivity index (χ0v) is 22.6. The van der Waals surface area contributed by atoms with Gasteiger partial charge in [-0.25, -0.2) is 0 Å². The van der Waals surface area contributed by atoms with E-state index in [-0.39, 0.29) is 6.10 Å². The zero-order chi connectivity index (χ0) is 26.2. The van der Waals surface area contributed by atoms with Gasteiger partial charge in [-0.1, -0.05) is 43.3 Å². The maximum atomic E-state index is 9.86. The quantitative estimate of drug-likeness (QED) is 0.273. The Bertz CT molecular complexity index is 1300. The molecule has 0 saturated heterocycles. The van der Waals surface area contributed by atoms with Gasteiger partial charge in [0.1, 0.15) is 0 Å². The predicted octanol–water partition coefficient (Wildman–Crippen LogP) is 7.26. The molecule has 5 nitrogen and oxygen atoms in total. The first-order valence-electron chi connectivity index (χ1n) is 13.6. The molecule has 1 heterocycles. The lowest BCUT2D eigenvalue weighted by molar-refractivity contribution is 0.126. The van der Waals surface area contributed by atoms with E-state index in [1.54, 1.807) is 0 Å². The van der Waals surface area contributed by atoms with E-state index in [9.17, 15) is 5.11 Å². The number of aliphatic hydroxyl groups is 1. The molecule has 1 aliphatic carbocycles. The highest BCUT2D eigenvalue weighted by molar-refractivity contribution is 6.01. The number of aliphatic hydroxyl groups excluding tert-OH is 1. The van der Waals surface area contributed by atoms with Crippen LogP contribution < -0.4 is 10.6 Å². The highest BCUT2D eigenvalue weighted by Gasteiger charge is 2.20. The molecular weight excluding hydrogens is 456 g/mol. The van der Waals surface area contributed by atoms with Gasteiger partial charge in [0.25, 0.3) is 0 Å². The number of nitrogens with one attached hydrogen (secondary N) is 2. The van der Waals surface area contributed by atoms with Crippen molar-refractivity contribution in [2.24, 2.45) is 4.99 Å². The summed E-state index contributed by atoms with van der Waals surface area (Å²) in [6, 6.07) is 15.5. The highest BCUT2D eigenvalue weighted by atomic mass is 16.3. The van der Waals surface area contributed by atoms with Crippen molar-refractivity contribution in [2.45, 2.75) is 71.9 Å². The third-order valence-electron chi connectivity index (χ3n) is 7.09. The lowest BCUT2D eigenvalue weighted by atomic mass is 9.92. The molecule has 5 heteroatoms. The van der Waals surface area contributed by atoms with Crippen molar-refractivity contribution in [2.75, 3.05) is 11.9 Å². The Kier molecular flexibility index (Phi) is 9.13. The summed E-state index contributed by atoms with van der Waals surface area (Å²) in [7, 11) is 0. The Morgan fingerprint density at radius 2 is 1.89 bits per heavy atom. The van der Waals surface area contributed by atoms with Gasteiger partial charge in [0.05, 0.1) is 11.8 Å². The van der Waals surface area contributed by atoms with Crippen molar-refractivity contribution in [3.05, 3.63) is 77.8 Å². The van der Waals surface area contributed by atoms with Crippen LogP contribution in [0.2, 0.25) is 0 Å². The Balaban J connectivity index is 1.64. The molecule has 0 unspecified atom stereocenters. The molecule has 0 atom stereocenters. The van der Waals surface area contributed by atoms with E-state index in [2.05, 4.69) is 91.9 Å². The predicted molar refractivity (Wildman–Crippen MR) is 158 cm³/mol. The third kappa shape index (κ3) is 6.66. The molecule has 194 valence electrons. The summed E-state index contributed by atoms with van der Waals surface area (Å²) in [6.45, 7) is 9.35. The van der Waals surface area contributed by atoms with Gasteiger partial charge >= 0.3 is 0 Å². The summed E-state index contributed by atoms with van der Waals surface area (Å²) in [6.07, 6.45) is 12.4. The number of aryl methyl sites for hydroxylation is 1. The molecule has 0 amide bonds. The van der Waals surface area contributed by atoms with E-state index in [0.717, 1.165) is 77.8 Å². The summed E-state index contributed by atoms with van der Waals surface area (Å²) in [4.78, 5) is 9.40. The van der Waals surface area contributed by atoms with Crippen LogP contribution in [0.3, 0.4) is 0 Å². The number of aromatic nitrogens is 1. The molecule has 0 bridgehead atoms. The molecule has 1 fully saturated rings. The minimum atomic E-state index is -0.148. The number of hydrogen-bond donors (Lipinski definition) is 3. The summed E-state index contributed by atoms with van der Waals surface area (Å²) in [5.74, 6) is 0. The molecule has 2 aromatic carbocycles. The SMILES string of the molecule is CC/C=C(/C=N/C=C(\C)c1cccc2c(-c3ccc(C)c(NC4CCC(O)CC4)c3)nccc12)NCC. The lowest BCUT2D eigenvalue weighted by Crippen LogP contribution is -2.28. The topological polar surface area (TPSA) is 69.5 Å². The van der Waals surface area contributed by atoms with Gasteiger partial charge in [0.2, 0.25) is 0 Å². The fourth-order valence-corrected chi connectivity index (χ4v) is 5.04. The van der Waals surface area contributed by atoms with Crippen LogP contribution in [0.5, 0.6) is 0 Å². The summed E-state index contributed by atoms with van der Waals surface area (Å²) >= 11 is 0. The van der Waals surface area contributed by atoms with Crippen LogP contribution in [-0.4, -0.2) is 35.0 Å². The van der Waals surface area contributed by atoms with Gasteiger partial charge in [-0.05, 0) is 87.1 Å². The van der Waals surface area contributed by atoms with Crippen LogP contribution >= 0.6 is 0 Å². The van der Waals surface area contributed by atoms with Crippen molar-refractivity contribution in [1.82, 2.24) is 10.3 Å². The summed E-state index contributed by atoms with van der Waals surface area (Å²) in [5.41, 5.74) is 7.78. The second-order valence-electron chi connectivity index (χ2n) is 9.93. The largest absolute Gasteiger partial charge is 0.393 e. The first-order chi connectivity index (χ1) is 18.0. The van der Waals surface area contributed by atoms with Crippen LogP contribution in [0.1, 0.15) is 64.0 Å². The van der Waals surface area contributed by atoms with Crippen molar-refractivity contribution < 1.29 is 5.11 Å². The molecule has 3 aromatic rings. The number of hydrogen-bond acceptors (Lipinski definition) is 5. The van der Waals surface area contributed by atoms with Crippen molar-refractivity contribution >= 4 is 28.2 Å². The second-order valence-corrected chi connectivity index (χ2v) is 9.93. The third-order valence-corrected chi connectivity index (χ3v) is 7.09. The van der Waals surface area contributed by atoms with Crippen LogP contribution in [0.25, 0.3) is 27.6 Å². The highest BCUT2D eigenvalue weighted by Crippen LogP contribution is 2.34. The average molecular weight is 497 g/mol. The fraction of sp³-hybridized carbons (Fsp3) is 0.375. The van der Waals surface area contributed by atoms with Crippen LogP contribution in [0.4, 0.5) is 5.69 Å². The molecule has 37 heavy (non-hydrogen) atoms. The number of nitrogens with zero attached hydrogens (tertiary/aromatic N) is 2. The van der Waals surface area contributed by atoms with Gasteiger partial charge < -0.3 is 15.7 Å². The number of rotatable bonds is 9. The van der Waals surface area contributed by atoms with Crippen LogP contribution in [-0.2, 0) is 0 Å². The molecule has 4 rings (SSSR count). The molecule has 1 aromatic heterocycles. The molecular formula is C32H40N4O. The maximum Gasteiger partial charge on any atom is 0.0781 e. The number of fused-ring (bicyclic) bond motifs is 1.